The molecule has 0 saturated carbocycles. The Morgan fingerprint density at radius 3 is 0.938 bits per heavy atom. The Hall–Kier alpha value is 0.503. The average molecular weight is 321 g/mol. The van der Waals surface area contributed by atoms with E-state index in [0.717, 1.165) is 0 Å². The molecule has 0 heterocycles. The molecule has 0 radical (unpaired) electrons. The van der Waals surface area contributed by atoms with Crippen LogP contribution in [0.4, 0.5) is 0 Å². The summed E-state index contributed by atoms with van der Waals surface area (Å²) in [5.74, 6) is 0. The predicted molar refractivity (Wildman–Crippen MR) is 66.2 cm³/mol. The Bertz CT molecular complexity index is 94.1. The average Bonchev–Trinajstić information content (AvgIpc) is 2.22. The minimum absolute atomic E-state index is 0. The fraction of sp³-hybridized carbons (Fsp3) is 1.00. The summed E-state index contributed by atoms with van der Waals surface area (Å²) in [4.78, 5) is 0. The molecule has 0 aliphatic carbocycles. The summed E-state index contributed by atoms with van der Waals surface area (Å²) in [5.41, 5.74) is 0. The first kappa shape index (κ1) is 21.8. The molecule has 0 unspecified atom stereocenters. The molecule has 0 rings (SSSR count). The third-order valence-electron chi connectivity index (χ3n) is 2.79. The van der Waals surface area contributed by atoms with Crippen LogP contribution < -0.4 is 0 Å². The molecule has 0 atom stereocenters. The fourth-order valence-corrected chi connectivity index (χ4v) is 2.57. The van der Waals surface area contributed by atoms with Gasteiger partial charge in [-0.05, 0) is 25.7 Å². The molecular weight excluding hydrogens is 291 g/mol. The number of quaternary nitrogens is 1. The molecule has 0 saturated heterocycles. The van der Waals surface area contributed by atoms with Crippen molar-refractivity contribution in [2.45, 2.75) is 53.4 Å². The van der Waals surface area contributed by atoms with Gasteiger partial charge in [-0.15, -0.1) is 0 Å². The van der Waals surface area contributed by atoms with Gasteiger partial charge in [0.15, 0.2) is 0 Å². The molecule has 0 aromatic heterocycles. The van der Waals surface area contributed by atoms with Crippen molar-refractivity contribution in [3.05, 3.63) is 0 Å². The molecule has 0 fully saturated rings. The van der Waals surface area contributed by atoms with E-state index in [2.05, 4.69) is 27.7 Å². The molecule has 0 aliphatic rings. The predicted octanol–water partition coefficient (Wildman–Crippen LogP) is 3.46. The van der Waals surface area contributed by atoms with Crippen molar-refractivity contribution in [2.24, 2.45) is 0 Å². The zero-order valence-electron chi connectivity index (χ0n) is 11.4. The van der Waals surface area contributed by atoms with Crippen LogP contribution in [0.25, 0.3) is 0 Å². The van der Waals surface area contributed by atoms with Gasteiger partial charge in [0.25, 0.3) is 0 Å². The second-order valence-electron chi connectivity index (χ2n) is 4.24. The third-order valence-corrected chi connectivity index (χ3v) is 2.79. The van der Waals surface area contributed by atoms with E-state index in [-0.39, 0.29) is 19.5 Å². The summed E-state index contributed by atoms with van der Waals surface area (Å²) in [6.07, 6.45) is 5.33. The Morgan fingerprint density at radius 1 is 0.625 bits per heavy atom. The normalized spacial score (nSPS) is 10.1. The van der Waals surface area contributed by atoms with Gasteiger partial charge < -0.3 is 4.48 Å². The van der Waals surface area contributed by atoms with Crippen LogP contribution in [-0.4, -0.2) is 41.2 Å². The van der Waals surface area contributed by atoms with E-state index in [1.54, 1.807) is 0 Å². The third kappa shape index (κ3) is 9.71. The second kappa shape index (κ2) is 15.5. The van der Waals surface area contributed by atoms with Crippen molar-refractivity contribution in [1.82, 2.24) is 0 Å². The van der Waals surface area contributed by atoms with Crippen LogP contribution in [0.15, 0.2) is 0 Å². The van der Waals surface area contributed by atoms with Crippen molar-refractivity contribution in [3.63, 3.8) is 0 Å². The number of hydrogen-bond donors (Lipinski definition) is 2. The molecule has 102 valence electrons. The monoisotopic (exact) mass is 322 g/mol. The van der Waals surface area contributed by atoms with Crippen LogP contribution >= 0.6 is 0 Å². The van der Waals surface area contributed by atoms with E-state index in [1.165, 1.54) is 56.3 Å². The molecule has 2 N–H and O–H groups in total. The van der Waals surface area contributed by atoms with Crippen LogP contribution in [-0.2, 0) is 19.5 Å². The fourth-order valence-electron chi connectivity index (χ4n) is 2.57. The van der Waals surface area contributed by atoms with E-state index >= 15 is 0 Å². The maximum absolute atomic E-state index is 6.00. The first-order chi connectivity index (χ1) is 7.24. The Morgan fingerprint density at radius 2 is 0.812 bits per heavy atom. The SMILES string of the molecule is CCC[N+](CCC)(CCC)CCC.OO.[Ru]. The van der Waals surface area contributed by atoms with Gasteiger partial charge in [0.2, 0.25) is 0 Å². The van der Waals surface area contributed by atoms with Crippen molar-refractivity contribution in [1.29, 1.82) is 0 Å². The van der Waals surface area contributed by atoms with Gasteiger partial charge >= 0.3 is 0 Å². The van der Waals surface area contributed by atoms with Gasteiger partial charge in [0.05, 0.1) is 26.2 Å². The summed E-state index contributed by atoms with van der Waals surface area (Å²) in [7, 11) is 0. The van der Waals surface area contributed by atoms with Crippen molar-refractivity contribution >= 4 is 0 Å². The van der Waals surface area contributed by atoms with E-state index in [1.807, 2.05) is 0 Å². The topological polar surface area (TPSA) is 40.5 Å². The van der Waals surface area contributed by atoms with Gasteiger partial charge in [-0.2, -0.15) is 0 Å². The maximum Gasteiger partial charge on any atom is 0.0783 e. The van der Waals surface area contributed by atoms with Crippen LogP contribution in [0.2, 0.25) is 0 Å². The molecule has 16 heavy (non-hydrogen) atoms. The van der Waals surface area contributed by atoms with Crippen LogP contribution in [0.1, 0.15) is 53.4 Å². The molecule has 3 nitrogen and oxygen atoms in total. The van der Waals surface area contributed by atoms with Gasteiger partial charge in [-0.25, -0.2) is 0 Å². The van der Waals surface area contributed by atoms with Gasteiger partial charge in [-0.3, -0.25) is 10.5 Å². The summed E-state index contributed by atoms with van der Waals surface area (Å²) in [6.45, 7) is 14.8. The molecule has 0 amide bonds. The Labute approximate surface area is 114 Å². The smallest absolute Gasteiger partial charge is 0.0783 e. The van der Waals surface area contributed by atoms with Gasteiger partial charge in [-0.1, -0.05) is 27.7 Å². The van der Waals surface area contributed by atoms with E-state index in [9.17, 15) is 0 Å². The molecule has 0 bridgehead atoms. The van der Waals surface area contributed by atoms with E-state index in [0.29, 0.717) is 0 Å². The zero-order valence-corrected chi connectivity index (χ0v) is 13.1. The molecular formula is C12H30NO2Ru+. The second-order valence-corrected chi connectivity index (χ2v) is 4.24. The first-order valence-corrected chi connectivity index (χ1v) is 6.29. The quantitative estimate of drug-likeness (QED) is 0.311. The molecule has 0 aromatic rings. The minimum Gasteiger partial charge on any atom is -0.324 e. The molecule has 0 aromatic carbocycles. The first-order valence-electron chi connectivity index (χ1n) is 6.29. The summed E-state index contributed by atoms with van der Waals surface area (Å²) in [5, 5.41) is 12.0. The largest absolute Gasteiger partial charge is 0.324 e. The number of nitrogens with zero attached hydrogens (tertiary/aromatic N) is 1. The standard InChI is InChI=1S/C12H28N.H2O2.Ru/c1-5-9-13(10-6-2,11-7-3)12-8-4;1-2;/h5-12H2,1-4H3;1-2H;/q+1;;. The van der Waals surface area contributed by atoms with Gasteiger partial charge in [0.1, 0.15) is 0 Å². The van der Waals surface area contributed by atoms with Crippen LogP contribution in [0, 0.1) is 0 Å². The van der Waals surface area contributed by atoms with Crippen molar-refractivity contribution < 1.29 is 34.5 Å². The van der Waals surface area contributed by atoms with Crippen molar-refractivity contribution in [3.8, 4) is 0 Å². The number of hydrogen-bond acceptors (Lipinski definition) is 2. The van der Waals surface area contributed by atoms with Crippen LogP contribution in [0.5, 0.6) is 0 Å². The van der Waals surface area contributed by atoms with E-state index in [4.69, 9.17) is 10.5 Å². The minimum atomic E-state index is 0. The van der Waals surface area contributed by atoms with Crippen LogP contribution in [0.3, 0.4) is 0 Å². The summed E-state index contributed by atoms with van der Waals surface area (Å²) < 4.78 is 1.38. The molecule has 0 aliphatic heterocycles. The summed E-state index contributed by atoms with van der Waals surface area (Å²) >= 11 is 0. The number of rotatable bonds is 8. The maximum atomic E-state index is 6.00. The van der Waals surface area contributed by atoms with Crippen molar-refractivity contribution in [2.75, 3.05) is 26.2 Å². The Balaban J connectivity index is -0.000000529. The summed E-state index contributed by atoms with van der Waals surface area (Å²) in [6, 6.07) is 0. The zero-order chi connectivity index (χ0) is 12.2. The Kier molecular flexibility index (Phi) is 21.1. The van der Waals surface area contributed by atoms with Gasteiger partial charge in [0, 0.05) is 19.5 Å². The van der Waals surface area contributed by atoms with E-state index < -0.39 is 0 Å². The molecule has 0 spiro atoms. The molecule has 4 heteroatoms.